The fourth-order valence-corrected chi connectivity index (χ4v) is 7.69. The molecule has 0 aliphatic heterocycles. The van der Waals surface area contributed by atoms with E-state index in [-0.39, 0.29) is 43.6 Å². The van der Waals surface area contributed by atoms with Gasteiger partial charge in [0, 0.05) is 5.41 Å². The standard InChI is InChI=1S/C41H49NO9S2/c1-26(52(46)47)27-10-23-35(50-30-15-11-28(12-16-30)41(8,9)25-39(2,3)4)34(24-27)42-38(45)36(37(44)40(5,6)7)51-31-17-21-33(22-18-31)53(48,49)32-19-13-29(43)14-20-32/h10-24,26,36,43H,25H2,1-9H3,(H,42,45)(H,46,47). The summed E-state index contributed by atoms with van der Waals surface area (Å²) in [5.41, 5.74) is 0.733. The van der Waals surface area contributed by atoms with Crippen LogP contribution >= 0.6 is 0 Å². The highest BCUT2D eigenvalue weighted by Gasteiger charge is 2.37. The fraction of sp³-hybridized carbons (Fsp3) is 0.366. The maximum atomic E-state index is 14.0. The van der Waals surface area contributed by atoms with Gasteiger partial charge in [-0.1, -0.05) is 73.6 Å². The molecular formula is C41H49NO9S2. The number of hydrogen-bond donors (Lipinski definition) is 3. The number of benzene rings is 4. The van der Waals surface area contributed by atoms with Crippen LogP contribution in [-0.4, -0.2) is 40.1 Å². The molecule has 0 spiro atoms. The minimum absolute atomic E-state index is 0.0240. The Hall–Kier alpha value is -4.52. The van der Waals surface area contributed by atoms with Crippen LogP contribution < -0.4 is 14.8 Å². The molecule has 0 aliphatic carbocycles. The molecule has 0 aromatic heterocycles. The SMILES string of the molecule is CC(c1ccc(Oc2ccc(C(C)(C)CC(C)(C)C)cc2)c(NC(=O)C(Oc2ccc(S(=O)(=O)c3ccc(O)cc3)cc2)C(=O)C(C)(C)C)c1)S(=O)O. The molecule has 4 aromatic carbocycles. The minimum atomic E-state index is -3.93. The maximum absolute atomic E-state index is 14.0. The number of rotatable bonds is 13. The molecule has 284 valence electrons. The molecule has 4 rings (SSSR count). The van der Waals surface area contributed by atoms with Crippen molar-refractivity contribution in [3.8, 4) is 23.0 Å². The molecule has 0 radical (unpaired) electrons. The van der Waals surface area contributed by atoms with Crippen LogP contribution in [0.1, 0.15) is 85.1 Å². The number of nitrogens with one attached hydrogen (secondary N) is 1. The first-order valence-electron chi connectivity index (χ1n) is 17.2. The third kappa shape index (κ3) is 10.6. The van der Waals surface area contributed by atoms with E-state index in [1.54, 1.807) is 39.8 Å². The number of sulfone groups is 1. The van der Waals surface area contributed by atoms with E-state index in [1.807, 2.05) is 24.3 Å². The number of phenols is 1. The van der Waals surface area contributed by atoms with E-state index < -0.39 is 49.4 Å². The number of phenolic OH excluding ortho intramolecular Hbond substituents is 1. The fourth-order valence-electron chi connectivity index (χ4n) is 6.05. The van der Waals surface area contributed by atoms with E-state index in [0.717, 1.165) is 12.0 Å². The average molecular weight is 764 g/mol. The number of ether oxygens (including phenoxy) is 2. The molecule has 3 unspecified atom stereocenters. The summed E-state index contributed by atoms with van der Waals surface area (Å²) in [5, 5.41) is 11.5. The van der Waals surface area contributed by atoms with Gasteiger partial charge in [-0.3, -0.25) is 9.59 Å². The molecule has 3 N–H and O–H groups in total. The molecular weight excluding hydrogens is 715 g/mol. The number of aromatic hydroxyl groups is 1. The lowest BCUT2D eigenvalue weighted by Gasteiger charge is -2.33. The molecule has 0 saturated carbocycles. The van der Waals surface area contributed by atoms with E-state index in [4.69, 9.17) is 9.47 Å². The molecule has 10 nitrogen and oxygen atoms in total. The van der Waals surface area contributed by atoms with Gasteiger partial charge in [-0.25, -0.2) is 12.6 Å². The van der Waals surface area contributed by atoms with Gasteiger partial charge in [0.2, 0.25) is 15.9 Å². The zero-order valence-electron chi connectivity index (χ0n) is 31.6. The normalized spacial score (nSPS) is 14.2. The quantitative estimate of drug-likeness (QED) is 0.0893. The van der Waals surface area contributed by atoms with E-state index >= 15 is 0 Å². The molecule has 0 saturated heterocycles. The zero-order valence-corrected chi connectivity index (χ0v) is 33.2. The summed E-state index contributed by atoms with van der Waals surface area (Å²) in [4.78, 5) is 27.6. The summed E-state index contributed by atoms with van der Waals surface area (Å²) in [5.74, 6) is -0.670. The van der Waals surface area contributed by atoms with Crippen LogP contribution in [0.2, 0.25) is 0 Å². The maximum Gasteiger partial charge on any atom is 0.273 e. The third-order valence-electron chi connectivity index (χ3n) is 8.62. The van der Waals surface area contributed by atoms with Gasteiger partial charge in [0.05, 0.1) is 20.7 Å². The number of carbonyl (C=O) groups is 2. The second-order valence-corrected chi connectivity index (χ2v) is 19.2. The molecule has 4 aromatic rings. The lowest BCUT2D eigenvalue weighted by atomic mass is 9.72. The van der Waals surface area contributed by atoms with Crippen molar-refractivity contribution in [2.45, 2.75) is 95.3 Å². The number of hydrogen-bond acceptors (Lipinski definition) is 8. The van der Waals surface area contributed by atoms with Gasteiger partial charge in [0.25, 0.3) is 5.91 Å². The monoisotopic (exact) mass is 763 g/mol. The van der Waals surface area contributed by atoms with E-state index in [0.29, 0.717) is 11.3 Å². The number of Topliss-reactive ketones (excluding diaryl/α,β-unsaturated/α-hetero) is 1. The third-order valence-corrected chi connectivity index (χ3v) is 11.3. The lowest BCUT2D eigenvalue weighted by molar-refractivity contribution is -0.140. The van der Waals surface area contributed by atoms with Crippen LogP contribution in [0.25, 0.3) is 0 Å². The summed E-state index contributed by atoms with van der Waals surface area (Å²) >= 11 is -2.21. The topological polar surface area (TPSA) is 156 Å². The van der Waals surface area contributed by atoms with Gasteiger partial charge in [-0.05, 0) is 108 Å². The molecule has 0 heterocycles. The molecule has 0 aliphatic rings. The summed E-state index contributed by atoms with van der Waals surface area (Å²) in [6.07, 6.45) is -0.707. The Morgan fingerprint density at radius 1 is 0.792 bits per heavy atom. The summed E-state index contributed by atoms with van der Waals surface area (Å²) < 4.78 is 60.3. The van der Waals surface area contributed by atoms with Gasteiger partial charge >= 0.3 is 0 Å². The Labute approximate surface area is 315 Å². The van der Waals surface area contributed by atoms with Gasteiger partial charge in [0.15, 0.2) is 22.6 Å². The molecule has 53 heavy (non-hydrogen) atoms. The van der Waals surface area contributed by atoms with Crippen LogP contribution in [0, 0.1) is 10.8 Å². The van der Waals surface area contributed by atoms with Crippen molar-refractivity contribution in [1.82, 2.24) is 0 Å². The highest BCUT2D eigenvalue weighted by molar-refractivity contribution is 7.91. The van der Waals surface area contributed by atoms with Crippen molar-refractivity contribution < 1.29 is 41.3 Å². The number of carbonyl (C=O) groups excluding carboxylic acids is 2. The second-order valence-electron chi connectivity index (χ2n) is 16.0. The largest absolute Gasteiger partial charge is 0.508 e. The van der Waals surface area contributed by atoms with Crippen molar-refractivity contribution >= 4 is 38.3 Å². The summed E-state index contributed by atoms with van der Waals surface area (Å²) in [6, 6.07) is 22.8. The Bertz CT molecular complexity index is 2060. The molecule has 3 atom stereocenters. The van der Waals surface area contributed by atoms with Crippen LogP contribution in [-0.2, 0) is 35.9 Å². The van der Waals surface area contributed by atoms with Crippen molar-refractivity contribution in [3.63, 3.8) is 0 Å². The molecule has 0 fully saturated rings. The highest BCUT2D eigenvalue weighted by atomic mass is 32.2. The second kappa shape index (κ2) is 15.8. The van der Waals surface area contributed by atoms with Crippen LogP contribution in [0.4, 0.5) is 5.69 Å². The first-order chi connectivity index (χ1) is 24.5. The Morgan fingerprint density at radius 3 is 1.83 bits per heavy atom. The Kier molecular flexibility index (Phi) is 12.3. The zero-order chi connectivity index (χ0) is 39.5. The first kappa shape index (κ1) is 41.2. The van der Waals surface area contributed by atoms with Gasteiger partial charge < -0.3 is 24.4 Å². The smallest absolute Gasteiger partial charge is 0.273 e. The molecule has 1 amide bonds. The van der Waals surface area contributed by atoms with Crippen molar-refractivity contribution in [1.29, 1.82) is 0 Å². The van der Waals surface area contributed by atoms with E-state index in [9.17, 15) is 31.9 Å². The highest BCUT2D eigenvalue weighted by Crippen LogP contribution is 2.38. The average Bonchev–Trinajstić information content (AvgIpc) is 3.06. The van der Waals surface area contributed by atoms with Crippen LogP contribution in [0.5, 0.6) is 23.0 Å². The Balaban J connectivity index is 1.65. The lowest BCUT2D eigenvalue weighted by Crippen LogP contribution is -2.45. The number of amides is 1. The summed E-state index contributed by atoms with van der Waals surface area (Å²) in [6.45, 7) is 17.5. The minimum Gasteiger partial charge on any atom is -0.508 e. The molecule has 12 heteroatoms. The van der Waals surface area contributed by atoms with Gasteiger partial charge in [-0.15, -0.1) is 0 Å². The predicted molar refractivity (Wildman–Crippen MR) is 207 cm³/mol. The van der Waals surface area contributed by atoms with Crippen LogP contribution in [0.3, 0.4) is 0 Å². The number of anilines is 1. The van der Waals surface area contributed by atoms with Crippen molar-refractivity contribution in [3.05, 3.63) is 102 Å². The van der Waals surface area contributed by atoms with Crippen LogP contribution in [0.15, 0.2) is 101 Å². The van der Waals surface area contributed by atoms with Crippen molar-refractivity contribution in [2.75, 3.05) is 5.32 Å². The predicted octanol–water partition coefficient (Wildman–Crippen LogP) is 9.02. The van der Waals surface area contributed by atoms with Crippen molar-refractivity contribution in [2.24, 2.45) is 10.8 Å². The van der Waals surface area contributed by atoms with Gasteiger partial charge in [0.1, 0.15) is 17.2 Å². The first-order valence-corrected chi connectivity index (χ1v) is 19.8. The van der Waals surface area contributed by atoms with E-state index in [2.05, 4.69) is 39.9 Å². The van der Waals surface area contributed by atoms with Gasteiger partial charge in [-0.2, -0.15) is 0 Å². The van der Waals surface area contributed by atoms with E-state index in [1.165, 1.54) is 54.6 Å². The molecule has 0 bridgehead atoms. The number of ketones is 1. The summed E-state index contributed by atoms with van der Waals surface area (Å²) in [7, 11) is -3.93. The Morgan fingerprint density at radius 2 is 1.32 bits per heavy atom.